The summed E-state index contributed by atoms with van der Waals surface area (Å²) in [4.78, 5) is 27.1. The highest BCUT2D eigenvalue weighted by Crippen LogP contribution is 2.32. The number of amides is 2. The second-order valence-corrected chi connectivity index (χ2v) is 6.88. The van der Waals surface area contributed by atoms with Gasteiger partial charge in [-0.05, 0) is 18.3 Å². The van der Waals surface area contributed by atoms with Gasteiger partial charge in [0.1, 0.15) is 12.1 Å². The molecular weight excluding hydrogens is 256 g/mol. The molecule has 0 aliphatic carbocycles. The molecule has 5 nitrogen and oxygen atoms in total. The van der Waals surface area contributed by atoms with Gasteiger partial charge in [0.25, 0.3) is 0 Å². The Morgan fingerprint density at radius 3 is 2.55 bits per heavy atom. The summed E-state index contributed by atoms with van der Waals surface area (Å²) in [6.45, 7) is 9.27. The number of rotatable bonds is 3. The predicted octanol–water partition coefficient (Wildman–Crippen LogP) is 1.32. The van der Waals surface area contributed by atoms with Crippen molar-refractivity contribution in [2.75, 3.05) is 13.2 Å². The van der Waals surface area contributed by atoms with Gasteiger partial charge in [0.2, 0.25) is 11.8 Å². The molecule has 2 saturated heterocycles. The van der Waals surface area contributed by atoms with E-state index in [1.807, 2.05) is 32.6 Å². The third-order valence-electron chi connectivity index (χ3n) is 4.09. The molecule has 0 aromatic carbocycles. The highest BCUT2D eigenvalue weighted by atomic mass is 16.5. The molecule has 0 aromatic heterocycles. The summed E-state index contributed by atoms with van der Waals surface area (Å²) in [5.74, 6) is 0.0318. The van der Waals surface area contributed by atoms with E-state index < -0.39 is 6.04 Å². The SMILES string of the molecule is CCCC1NC(=O)C(C(C)(C)C)N(C2CCOC2)C1=O. The fourth-order valence-electron chi connectivity index (χ4n) is 3.17. The Labute approximate surface area is 121 Å². The quantitative estimate of drug-likeness (QED) is 0.849. The summed E-state index contributed by atoms with van der Waals surface area (Å²) in [5.41, 5.74) is -0.278. The first-order valence-electron chi connectivity index (χ1n) is 7.56. The van der Waals surface area contributed by atoms with Crippen molar-refractivity contribution in [3.8, 4) is 0 Å². The van der Waals surface area contributed by atoms with Crippen LogP contribution < -0.4 is 5.32 Å². The molecule has 1 N–H and O–H groups in total. The zero-order chi connectivity index (χ0) is 14.9. The normalized spacial score (nSPS) is 31.6. The molecule has 5 heteroatoms. The van der Waals surface area contributed by atoms with E-state index in [1.165, 1.54) is 0 Å². The fourth-order valence-corrected chi connectivity index (χ4v) is 3.17. The number of nitrogens with zero attached hydrogens (tertiary/aromatic N) is 1. The lowest BCUT2D eigenvalue weighted by Crippen LogP contribution is -2.69. The van der Waals surface area contributed by atoms with Crippen molar-refractivity contribution in [1.82, 2.24) is 10.2 Å². The summed E-state index contributed by atoms with van der Waals surface area (Å²) in [7, 11) is 0. The highest BCUT2D eigenvalue weighted by Gasteiger charge is 2.48. The third kappa shape index (κ3) is 2.82. The Bertz CT molecular complexity index is 383. The highest BCUT2D eigenvalue weighted by molar-refractivity contribution is 5.97. The van der Waals surface area contributed by atoms with E-state index in [1.54, 1.807) is 0 Å². The van der Waals surface area contributed by atoms with Crippen LogP contribution in [0.5, 0.6) is 0 Å². The maximum Gasteiger partial charge on any atom is 0.246 e. The molecule has 0 spiro atoms. The summed E-state index contributed by atoms with van der Waals surface area (Å²) in [6, 6.07) is -0.737. The molecule has 2 aliphatic heterocycles. The van der Waals surface area contributed by atoms with Crippen LogP contribution in [-0.4, -0.2) is 48.1 Å². The molecule has 3 atom stereocenters. The van der Waals surface area contributed by atoms with Crippen LogP contribution in [0.25, 0.3) is 0 Å². The van der Waals surface area contributed by atoms with E-state index in [0.717, 1.165) is 12.8 Å². The topological polar surface area (TPSA) is 58.6 Å². The summed E-state index contributed by atoms with van der Waals surface area (Å²) < 4.78 is 5.42. The lowest BCUT2D eigenvalue weighted by Gasteiger charge is -2.47. The van der Waals surface area contributed by atoms with Gasteiger partial charge in [-0.15, -0.1) is 0 Å². The molecule has 2 aliphatic rings. The number of piperazine rings is 1. The second kappa shape index (κ2) is 5.72. The van der Waals surface area contributed by atoms with Crippen LogP contribution >= 0.6 is 0 Å². The molecule has 2 rings (SSSR count). The molecule has 2 heterocycles. The number of ether oxygens (including phenoxy) is 1. The van der Waals surface area contributed by atoms with Gasteiger partial charge in [-0.2, -0.15) is 0 Å². The zero-order valence-corrected chi connectivity index (χ0v) is 12.9. The first-order valence-corrected chi connectivity index (χ1v) is 7.56. The summed E-state index contributed by atoms with van der Waals surface area (Å²) in [6.07, 6.45) is 2.40. The van der Waals surface area contributed by atoms with Gasteiger partial charge >= 0.3 is 0 Å². The summed E-state index contributed by atoms with van der Waals surface area (Å²) in [5, 5.41) is 2.91. The van der Waals surface area contributed by atoms with Crippen LogP contribution in [0.4, 0.5) is 0 Å². The minimum atomic E-state index is -0.408. The van der Waals surface area contributed by atoms with Gasteiger partial charge in [0.05, 0.1) is 12.6 Å². The van der Waals surface area contributed by atoms with E-state index in [4.69, 9.17) is 4.74 Å². The van der Waals surface area contributed by atoms with Gasteiger partial charge in [0.15, 0.2) is 0 Å². The number of carbonyl (C=O) groups is 2. The Morgan fingerprint density at radius 2 is 2.05 bits per heavy atom. The smallest absolute Gasteiger partial charge is 0.246 e. The van der Waals surface area contributed by atoms with Crippen molar-refractivity contribution in [2.24, 2.45) is 5.41 Å². The molecule has 0 radical (unpaired) electrons. The third-order valence-corrected chi connectivity index (χ3v) is 4.09. The molecule has 0 bridgehead atoms. The summed E-state index contributed by atoms with van der Waals surface area (Å²) >= 11 is 0. The van der Waals surface area contributed by atoms with E-state index in [2.05, 4.69) is 5.32 Å². The first-order chi connectivity index (χ1) is 9.36. The molecular formula is C15H26N2O3. The average molecular weight is 282 g/mol. The monoisotopic (exact) mass is 282 g/mol. The van der Waals surface area contributed by atoms with Gasteiger partial charge < -0.3 is 15.0 Å². The predicted molar refractivity (Wildman–Crippen MR) is 76.2 cm³/mol. The lowest BCUT2D eigenvalue weighted by atomic mass is 9.82. The maximum absolute atomic E-state index is 12.8. The fraction of sp³-hybridized carbons (Fsp3) is 0.867. The number of hydrogen-bond acceptors (Lipinski definition) is 3. The van der Waals surface area contributed by atoms with Crippen molar-refractivity contribution in [2.45, 2.75) is 65.1 Å². The number of nitrogens with one attached hydrogen (secondary N) is 1. The molecule has 3 unspecified atom stereocenters. The molecule has 2 fully saturated rings. The number of hydrogen-bond donors (Lipinski definition) is 1. The first kappa shape index (κ1) is 15.3. The van der Waals surface area contributed by atoms with E-state index in [0.29, 0.717) is 19.6 Å². The lowest BCUT2D eigenvalue weighted by molar-refractivity contribution is -0.157. The van der Waals surface area contributed by atoms with Crippen molar-refractivity contribution in [1.29, 1.82) is 0 Å². The molecule has 0 aromatic rings. The maximum atomic E-state index is 12.8. The van der Waals surface area contributed by atoms with Crippen LogP contribution in [0.1, 0.15) is 47.0 Å². The number of carbonyl (C=O) groups excluding carboxylic acids is 2. The Kier molecular flexibility index (Phi) is 4.37. The van der Waals surface area contributed by atoms with Gasteiger partial charge in [-0.3, -0.25) is 9.59 Å². The zero-order valence-electron chi connectivity index (χ0n) is 12.9. The minimum absolute atomic E-state index is 0.0255. The van der Waals surface area contributed by atoms with E-state index in [-0.39, 0.29) is 29.3 Å². The van der Waals surface area contributed by atoms with Crippen molar-refractivity contribution >= 4 is 11.8 Å². The average Bonchev–Trinajstić information content (AvgIpc) is 2.85. The van der Waals surface area contributed by atoms with Gasteiger partial charge in [-0.25, -0.2) is 0 Å². The molecule has 2 amide bonds. The minimum Gasteiger partial charge on any atom is -0.379 e. The van der Waals surface area contributed by atoms with Crippen molar-refractivity contribution < 1.29 is 14.3 Å². The molecule has 20 heavy (non-hydrogen) atoms. The van der Waals surface area contributed by atoms with Crippen molar-refractivity contribution in [3.05, 3.63) is 0 Å². The van der Waals surface area contributed by atoms with Gasteiger partial charge in [0, 0.05) is 6.61 Å². The van der Waals surface area contributed by atoms with E-state index in [9.17, 15) is 9.59 Å². The standard InChI is InChI=1S/C15H26N2O3/c1-5-6-11-14(19)17(10-7-8-20-9-10)12(13(18)16-11)15(2,3)4/h10-12H,5-9H2,1-4H3,(H,16,18). The van der Waals surface area contributed by atoms with Crippen LogP contribution in [-0.2, 0) is 14.3 Å². The molecule has 0 saturated carbocycles. The van der Waals surface area contributed by atoms with Crippen LogP contribution in [0.3, 0.4) is 0 Å². The Hall–Kier alpha value is -1.10. The van der Waals surface area contributed by atoms with Gasteiger partial charge in [-0.1, -0.05) is 34.1 Å². The Morgan fingerprint density at radius 1 is 1.35 bits per heavy atom. The largest absolute Gasteiger partial charge is 0.379 e. The van der Waals surface area contributed by atoms with Crippen LogP contribution in [0, 0.1) is 5.41 Å². The van der Waals surface area contributed by atoms with Crippen molar-refractivity contribution in [3.63, 3.8) is 0 Å². The molecule has 114 valence electrons. The van der Waals surface area contributed by atoms with Crippen LogP contribution in [0.2, 0.25) is 0 Å². The second-order valence-electron chi connectivity index (χ2n) is 6.88. The van der Waals surface area contributed by atoms with Crippen LogP contribution in [0.15, 0.2) is 0 Å². The Balaban J connectivity index is 2.30. The van der Waals surface area contributed by atoms with E-state index >= 15 is 0 Å².